The van der Waals surface area contributed by atoms with Gasteiger partial charge >= 0.3 is 0 Å². The number of carbonyl (C=O) groups is 1. The van der Waals surface area contributed by atoms with E-state index >= 15 is 0 Å². The van der Waals surface area contributed by atoms with Crippen LogP contribution in [0.2, 0.25) is 5.02 Å². The molecular formula is C10H10Cl2FNO. The monoisotopic (exact) mass is 249 g/mol. The Bertz CT molecular complexity index is 382. The normalized spacial score (nSPS) is 12.3. The van der Waals surface area contributed by atoms with Gasteiger partial charge in [0, 0.05) is 24.7 Å². The predicted octanol–water partition coefficient (Wildman–Crippen LogP) is 2.85. The minimum atomic E-state index is -1.02. The van der Waals surface area contributed by atoms with Crippen molar-refractivity contribution in [2.24, 2.45) is 0 Å². The van der Waals surface area contributed by atoms with Crippen molar-refractivity contribution in [2.45, 2.75) is 5.38 Å². The Labute approximate surface area is 97.6 Å². The van der Waals surface area contributed by atoms with E-state index in [0.717, 1.165) is 6.07 Å². The van der Waals surface area contributed by atoms with Gasteiger partial charge in [-0.2, -0.15) is 0 Å². The number of benzene rings is 1. The van der Waals surface area contributed by atoms with Crippen molar-refractivity contribution in [3.05, 3.63) is 34.6 Å². The molecule has 82 valence electrons. The molecule has 0 aromatic heterocycles. The highest BCUT2D eigenvalue weighted by Gasteiger charge is 2.22. The number of carbonyl (C=O) groups excluding carboxylic acids is 1. The smallest absolute Gasteiger partial charge is 0.244 e. The van der Waals surface area contributed by atoms with Gasteiger partial charge in [-0.05, 0) is 12.1 Å². The Morgan fingerprint density at radius 1 is 1.47 bits per heavy atom. The second kappa shape index (κ2) is 4.81. The molecule has 0 radical (unpaired) electrons. The van der Waals surface area contributed by atoms with Crippen molar-refractivity contribution in [1.29, 1.82) is 0 Å². The molecule has 0 aliphatic carbocycles. The quantitative estimate of drug-likeness (QED) is 0.739. The van der Waals surface area contributed by atoms with Crippen molar-refractivity contribution in [3.63, 3.8) is 0 Å². The fourth-order valence-electron chi connectivity index (χ4n) is 1.07. The molecule has 1 unspecified atom stereocenters. The van der Waals surface area contributed by atoms with Crippen molar-refractivity contribution in [3.8, 4) is 0 Å². The van der Waals surface area contributed by atoms with Crippen LogP contribution in [0, 0.1) is 5.82 Å². The fourth-order valence-corrected chi connectivity index (χ4v) is 1.60. The van der Waals surface area contributed by atoms with Crippen LogP contribution in [0.1, 0.15) is 10.9 Å². The number of halogens is 3. The Hall–Kier alpha value is -0.800. The van der Waals surface area contributed by atoms with Gasteiger partial charge in [-0.3, -0.25) is 4.79 Å². The lowest BCUT2D eigenvalue weighted by atomic mass is 10.1. The lowest BCUT2D eigenvalue weighted by molar-refractivity contribution is -0.128. The Morgan fingerprint density at radius 2 is 2.07 bits per heavy atom. The summed E-state index contributed by atoms with van der Waals surface area (Å²) in [7, 11) is 3.12. The summed E-state index contributed by atoms with van der Waals surface area (Å²) < 4.78 is 13.4. The van der Waals surface area contributed by atoms with Gasteiger partial charge in [-0.1, -0.05) is 17.7 Å². The highest BCUT2D eigenvalue weighted by atomic mass is 35.5. The van der Waals surface area contributed by atoms with E-state index in [0.29, 0.717) is 0 Å². The number of hydrogen-bond donors (Lipinski definition) is 0. The molecular weight excluding hydrogens is 240 g/mol. The van der Waals surface area contributed by atoms with Gasteiger partial charge in [0.25, 0.3) is 0 Å². The van der Waals surface area contributed by atoms with Crippen LogP contribution >= 0.6 is 23.2 Å². The zero-order chi connectivity index (χ0) is 11.6. The minimum absolute atomic E-state index is 0.139. The molecule has 0 bridgehead atoms. The summed E-state index contributed by atoms with van der Waals surface area (Å²) in [5, 5.41) is -0.741. The molecule has 0 spiro atoms. The maximum absolute atomic E-state index is 13.4. The summed E-state index contributed by atoms with van der Waals surface area (Å²) >= 11 is 11.4. The molecule has 0 aliphatic heterocycles. The van der Waals surface area contributed by atoms with Crippen LogP contribution < -0.4 is 0 Å². The number of rotatable bonds is 2. The van der Waals surface area contributed by atoms with Crippen LogP contribution in [0.25, 0.3) is 0 Å². The topological polar surface area (TPSA) is 20.3 Å². The molecule has 1 aromatic carbocycles. The molecule has 5 heteroatoms. The Kier molecular flexibility index (Phi) is 3.94. The van der Waals surface area contributed by atoms with Crippen LogP contribution in [-0.2, 0) is 4.79 Å². The molecule has 2 nitrogen and oxygen atoms in total. The second-order valence-corrected chi connectivity index (χ2v) is 4.13. The van der Waals surface area contributed by atoms with Gasteiger partial charge < -0.3 is 4.90 Å². The SMILES string of the molecule is CN(C)C(=O)C(Cl)c1ccc(Cl)cc1F. The average Bonchev–Trinajstić information content (AvgIpc) is 2.15. The maximum atomic E-state index is 13.4. The van der Waals surface area contributed by atoms with E-state index in [1.165, 1.54) is 17.0 Å². The third-order valence-corrected chi connectivity index (χ3v) is 2.55. The zero-order valence-corrected chi connectivity index (χ0v) is 9.81. The molecule has 1 amide bonds. The van der Waals surface area contributed by atoms with E-state index in [1.807, 2.05) is 0 Å². The average molecular weight is 250 g/mol. The van der Waals surface area contributed by atoms with Gasteiger partial charge in [0.1, 0.15) is 11.2 Å². The summed E-state index contributed by atoms with van der Waals surface area (Å²) in [6.07, 6.45) is 0. The summed E-state index contributed by atoms with van der Waals surface area (Å²) in [4.78, 5) is 12.8. The number of alkyl halides is 1. The van der Waals surface area contributed by atoms with Crippen molar-refractivity contribution < 1.29 is 9.18 Å². The fraction of sp³-hybridized carbons (Fsp3) is 0.300. The molecule has 0 fully saturated rings. The third-order valence-electron chi connectivity index (χ3n) is 1.89. The van der Waals surface area contributed by atoms with E-state index in [9.17, 15) is 9.18 Å². The van der Waals surface area contributed by atoms with Gasteiger partial charge in [0.15, 0.2) is 0 Å². The van der Waals surface area contributed by atoms with Gasteiger partial charge in [-0.15, -0.1) is 11.6 Å². The van der Waals surface area contributed by atoms with E-state index in [2.05, 4.69) is 0 Å². The maximum Gasteiger partial charge on any atom is 0.244 e. The number of amides is 1. The number of nitrogens with zero attached hydrogens (tertiary/aromatic N) is 1. The lowest BCUT2D eigenvalue weighted by Gasteiger charge is -2.15. The molecule has 0 saturated heterocycles. The Balaban J connectivity index is 3.01. The first kappa shape index (κ1) is 12.3. The molecule has 0 saturated carbocycles. The third kappa shape index (κ3) is 2.83. The largest absolute Gasteiger partial charge is 0.347 e. The Morgan fingerprint density at radius 3 is 2.53 bits per heavy atom. The molecule has 1 atom stereocenters. The highest BCUT2D eigenvalue weighted by molar-refractivity contribution is 6.31. The van der Waals surface area contributed by atoms with Crippen LogP contribution in [0.4, 0.5) is 4.39 Å². The van der Waals surface area contributed by atoms with Gasteiger partial charge in [0.2, 0.25) is 5.91 Å². The molecule has 0 heterocycles. The molecule has 0 N–H and O–H groups in total. The summed E-state index contributed by atoms with van der Waals surface area (Å²) in [6.45, 7) is 0. The summed E-state index contributed by atoms with van der Waals surface area (Å²) in [6, 6.07) is 4.05. The van der Waals surface area contributed by atoms with Crippen LogP contribution in [0.15, 0.2) is 18.2 Å². The summed E-state index contributed by atoms with van der Waals surface area (Å²) in [5.74, 6) is -0.935. The van der Waals surface area contributed by atoms with Crippen LogP contribution in [0.5, 0.6) is 0 Å². The van der Waals surface area contributed by atoms with Gasteiger partial charge in [-0.25, -0.2) is 4.39 Å². The highest BCUT2D eigenvalue weighted by Crippen LogP contribution is 2.26. The number of likely N-dealkylation sites (N-methyl/N-ethyl adjacent to an activating group) is 1. The molecule has 1 aromatic rings. The molecule has 0 aliphatic rings. The lowest BCUT2D eigenvalue weighted by Crippen LogP contribution is -2.26. The second-order valence-electron chi connectivity index (χ2n) is 3.26. The first-order valence-electron chi connectivity index (χ1n) is 4.23. The summed E-state index contributed by atoms with van der Waals surface area (Å²) in [5.41, 5.74) is 0.139. The van der Waals surface area contributed by atoms with Crippen LogP contribution in [-0.4, -0.2) is 24.9 Å². The van der Waals surface area contributed by atoms with Crippen LogP contribution in [0.3, 0.4) is 0 Å². The molecule has 1 rings (SSSR count). The van der Waals surface area contributed by atoms with E-state index < -0.39 is 11.2 Å². The van der Waals surface area contributed by atoms with E-state index in [4.69, 9.17) is 23.2 Å². The van der Waals surface area contributed by atoms with Crippen molar-refractivity contribution >= 4 is 29.1 Å². The predicted molar refractivity (Wildman–Crippen MR) is 58.7 cm³/mol. The van der Waals surface area contributed by atoms with E-state index in [1.54, 1.807) is 14.1 Å². The molecule has 15 heavy (non-hydrogen) atoms. The zero-order valence-electron chi connectivity index (χ0n) is 8.30. The van der Waals surface area contributed by atoms with E-state index in [-0.39, 0.29) is 16.5 Å². The first-order chi connectivity index (χ1) is 6.93. The van der Waals surface area contributed by atoms with Crippen molar-refractivity contribution in [1.82, 2.24) is 4.90 Å². The van der Waals surface area contributed by atoms with Gasteiger partial charge in [0.05, 0.1) is 0 Å². The minimum Gasteiger partial charge on any atom is -0.347 e. The first-order valence-corrected chi connectivity index (χ1v) is 5.05. The van der Waals surface area contributed by atoms with Crippen molar-refractivity contribution in [2.75, 3.05) is 14.1 Å². The standard InChI is InChI=1S/C10H10Cl2FNO/c1-14(2)10(15)9(12)7-4-3-6(11)5-8(7)13/h3-5,9H,1-2H3. The number of hydrogen-bond acceptors (Lipinski definition) is 1.